The van der Waals surface area contributed by atoms with Gasteiger partial charge in [-0.2, -0.15) is 4.72 Å². The minimum atomic E-state index is -4.08. The standard InChI is InChI=1S/C20H25N7O6S/c28-17(23-11-16(18(29)30)27-34(31,32)14-4-2-1-3-5-14)15-9-20(33-26-15)8-13(25-12-20)10-24-19-21-6-7-22-19/h1-7,13,16,25,27H,8-12H2,(H,23,28)(H,29,30)(H2,21,22,24)/t13?,16-,20?/m0/s1. The second-order valence-corrected chi connectivity index (χ2v) is 9.84. The van der Waals surface area contributed by atoms with Gasteiger partial charge < -0.3 is 30.9 Å². The van der Waals surface area contributed by atoms with Crippen molar-refractivity contribution >= 4 is 33.6 Å². The summed E-state index contributed by atoms with van der Waals surface area (Å²) in [6.07, 6.45) is 4.21. The lowest BCUT2D eigenvalue weighted by molar-refractivity contribution is -0.138. The summed E-state index contributed by atoms with van der Waals surface area (Å²) in [5, 5.41) is 22.3. The molecule has 14 heteroatoms. The summed E-state index contributed by atoms with van der Waals surface area (Å²) in [5.41, 5.74) is -0.542. The van der Waals surface area contributed by atoms with E-state index in [0.29, 0.717) is 25.5 Å². The van der Waals surface area contributed by atoms with Crippen molar-refractivity contribution in [3.63, 3.8) is 0 Å². The van der Waals surface area contributed by atoms with Crippen molar-refractivity contribution in [3.05, 3.63) is 42.7 Å². The molecule has 13 nitrogen and oxygen atoms in total. The topological polar surface area (TPSA) is 187 Å². The highest BCUT2D eigenvalue weighted by atomic mass is 32.2. The van der Waals surface area contributed by atoms with Crippen molar-refractivity contribution in [3.8, 4) is 0 Å². The number of carboxylic acids is 1. The third-order valence-electron chi connectivity index (χ3n) is 5.56. The Hall–Kier alpha value is -3.49. The Morgan fingerprint density at radius 1 is 1.29 bits per heavy atom. The summed E-state index contributed by atoms with van der Waals surface area (Å²) < 4.78 is 27.0. The van der Waals surface area contributed by atoms with Gasteiger partial charge in [0.25, 0.3) is 5.91 Å². The maximum Gasteiger partial charge on any atom is 0.323 e. The number of sulfonamides is 1. The summed E-state index contributed by atoms with van der Waals surface area (Å²) >= 11 is 0. The number of carboxylic acid groups (broad SMARTS) is 1. The molecule has 2 aromatic rings. The highest BCUT2D eigenvalue weighted by Gasteiger charge is 2.47. The SMILES string of the molecule is O=C(NC[C@H](NS(=O)(=O)c1ccccc1)C(=O)O)C1=NOC2(CNC(CNc3ncc[nH]3)C2)C1. The highest BCUT2D eigenvalue weighted by Crippen LogP contribution is 2.32. The van der Waals surface area contributed by atoms with Gasteiger partial charge in [0.15, 0.2) is 11.5 Å². The number of aliphatic carboxylic acids is 1. The van der Waals surface area contributed by atoms with Gasteiger partial charge in [0, 0.05) is 50.9 Å². The number of carbonyl (C=O) groups excluding carboxylic acids is 1. The maximum absolute atomic E-state index is 12.6. The molecule has 3 atom stereocenters. The van der Waals surface area contributed by atoms with Crippen molar-refractivity contribution in [2.24, 2.45) is 5.16 Å². The van der Waals surface area contributed by atoms with E-state index >= 15 is 0 Å². The van der Waals surface area contributed by atoms with E-state index < -0.39 is 40.1 Å². The van der Waals surface area contributed by atoms with Crippen LogP contribution in [0.5, 0.6) is 0 Å². The van der Waals surface area contributed by atoms with Crippen molar-refractivity contribution in [2.75, 3.05) is 25.0 Å². The normalized spacial score (nSPS) is 22.7. The zero-order chi connectivity index (χ0) is 24.2. The van der Waals surface area contributed by atoms with E-state index in [9.17, 15) is 23.1 Å². The molecule has 34 heavy (non-hydrogen) atoms. The lowest BCUT2D eigenvalue weighted by Crippen LogP contribution is -2.49. The molecule has 0 bridgehead atoms. The van der Waals surface area contributed by atoms with E-state index in [0.717, 1.165) is 0 Å². The van der Waals surface area contributed by atoms with E-state index in [4.69, 9.17) is 4.84 Å². The number of anilines is 1. The molecule has 6 N–H and O–H groups in total. The molecule has 1 aromatic heterocycles. The van der Waals surface area contributed by atoms with Gasteiger partial charge in [-0.3, -0.25) is 9.59 Å². The molecule has 3 heterocycles. The Morgan fingerprint density at radius 2 is 2.09 bits per heavy atom. The maximum atomic E-state index is 12.6. The van der Waals surface area contributed by atoms with Gasteiger partial charge in [0.2, 0.25) is 10.0 Å². The molecule has 2 aliphatic rings. The fourth-order valence-electron chi connectivity index (χ4n) is 3.83. The van der Waals surface area contributed by atoms with Crippen LogP contribution in [-0.2, 0) is 24.4 Å². The van der Waals surface area contributed by atoms with Gasteiger partial charge in [-0.15, -0.1) is 0 Å². The minimum Gasteiger partial charge on any atom is -0.480 e. The number of nitrogens with one attached hydrogen (secondary N) is 5. The van der Waals surface area contributed by atoms with Crippen molar-refractivity contribution in [1.82, 2.24) is 25.3 Å². The predicted molar refractivity (Wildman–Crippen MR) is 121 cm³/mol. The highest BCUT2D eigenvalue weighted by molar-refractivity contribution is 7.89. The number of H-pyrrole nitrogens is 1. The molecule has 1 fully saturated rings. The first-order chi connectivity index (χ1) is 16.3. The fourth-order valence-corrected chi connectivity index (χ4v) is 5.04. The number of hydrogen-bond acceptors (Lipinski definition) is 9. The molecule has 1 spiro atoms. The molecule has 2 unspecified atom stereocenters. The smallest absolute Gasteiger partial charge is 0.323 e. The number of aromatic nitrogens is 2. The fraction of sp³-hybridized carbons (Fsp3) is 0.400. The first-order valence-electron chi connectivity index (χ1n) is 10.6. The zero-order valence-corrected chi connectivity index (χ0v) is 18.8. The molecular formula is C20H25N7O6S. The molecule has 1 saturated heterocycles. The van der Waals surface area contributed by atoms with Gasteiger partial charge in [-0.25, -0.2) is 13.4 Å². The van der Waals surface area contributed by atoms with Gasteiger partial charge in [-0.05, 0) is 12.1 Å². The molecule has 0 saturated carbocycles. The number of carbonyl (C=O) groups is 2. The van der Waals surface area contributed by atoms with E-state index in [1.54, 1.807) is 18.5 Å². The van der Waals surface area contributed by atoms with Crippen molar-refractivity contribution < 1.29 is 28.0 Å². The Bertz CT molecular complexity index is 1160. The molecule has 0 aliphatic carbocycles. The van der Waals surface area contributed by atoms with Crippen LogP contribution < -0.4 is 20.7 Å². The number of aromatic amines is 1. The van der Waals surface area contributed by atoms with Gasteiger partial charge in [-0.1, -0.05) is 23.4 Å². The molecule has 4 rings (SSSR count). The number of rotatable bonds is 10. The number of oxime groups is 1. The quantitative estimate of drug-likeness (QED) is 0.248. The van der Waals surface area contributed by atoms with Crippen LogP contribution in [0.15, 0.2) is 52.8 Å². The van der Waals surface area contributed by atoms with E-state index in [2.05, 4.69) is 35.8 Å². The summed E-state index contributed by atoms with van der Waals surface area (Å²) in [4.78, 5) is 36.7. The number of nitrogens with zero attached hydrogens (tertiary/aromatic N) is 2. The first-order valence-corrected chi connectivity index (χ1v) is 12.0. The van der Waals surface area contributed by atoms with Crippen LogP contribution in [0.3, 0.4) is 0 Å². The average molecular weight is 492 g/mol. The van der Waals surface area contributed by atoms with Crippen LogP contribution in [0.25, 0.3) is 0 Å². The van der Waals surface area contributed by atoms with E-state index in [-0.39, 0.29) is 23.1 Å². The first kappa shape index (κ1) is 23.7. The van der Waals surface area contributed by atoms with Crippen LogP contribution >= 0.6 is 0 Å². The second kappa shape index (κ2) is 9.79. The number of amides is 1. The second-order valence-electron chi connectivity index (χ2n) is 8.12. The number of imidazole rings is 1. The molecule has 2 aliphatic heterocycles. The molecular weight excluding hydrogens is 466 g/mol. The van der Waals surface area contributed by atoms with Crippen molar-refractivity contribution in [2.45, 2.75) is 35.4 Å². The lowest BCUT2D eigenvalue weighted by Gasteiger charge is -2.19. The van der Waals surface area contributed by atoms with Crippen molar-refractivity contribution in [1.29, 1.82) is 0 Å². The Morgan fingerprint density at radius 3 is 2.79 bits per heavy atom. The Labute approximate surface area is 195 Å². The zero-order valence-electron chi connectivity index (χ0n) is 18.0. The Kier molecular flexibility index (Phi) is 6.81. The van der Waals surface area contributed by atoms with Gasteiger partial charge >= 0.3 is 5.97 Å². The summed E-state index contributed by atoms with van der Waals surface area (Å²) in [7, 11) is -4.08. The van der Waals surface area contributed by atoms with Crippen LogP contribution in [0.2, 0.25) is 0 Å². The summed E-state index contributed by atoms with van der Waals surface area (Å²) in [6, 6.07) is 5.89. The Balaban J connectivity index is 1.27. The summed E-state index contributed by atoms with van der Waals surface area (Å²) in [5.74, 6) is -1.38. The molecule has 1 amide bonds. The number of benzene rings is 1. The third kappa shape index (κ3) is 5.52. The number of hydrogen-bond donors (Lipinski definition) is 6. The van der Waals surface area contributed by atoms with Crippen LogP contribution in [0, 0.1) is 0 Å². The predicted octanol–water partition coefficient (Wildman–Crippen LogP) is -0.753. The molecule has 0 radical (unpaired) electrons. The van der Waals surface area contributed by atoms with Crippen LogP contribution in [0.4, 0.5) is 5.95 Å². The van der Waals surface area contributed by atoms with E-state index in [1.165, 1.54) is 24.3 Å². The molecule has 182 valence electrons. The lowest BCUT2D eigenvalue weighted by atomic mass is 9.94. The van der Waals surface area contributed by atoms with E-state index in [1.807, 2.05) is 0 Å². The van der Waals surface area contributed by atoms with Crippen LogP contribution in [-0.4, -0.2) is 78.4 Å². The minimum absolute atomic E-state index is 0.0755. The van der Waals surface area contributed by atoms with Gasteiger partial charge in [0.1, 0.15) is 11.8 Å². The largest absolute Gasteiger partial charge is 0.480 e. The summed E-state index contributed by atoms with van der Waals surface area (Å²) in [6.45, 7) is 0.634. The third-order valence-corrected chi connectivity index (χ3v) is 7.05. The van der Waals surface area contributed by atoms with Gasteiger partial charge in [0.05, 0.1) is 4.90 Å². The van der Waals surface area contributed by atoms with Crippen LogP contribution in [0.1, 0.15) is 12.8 Å². The monoisotopic (exact) mass is 491 g/mol. The average Bonchev–Trinajstić information content (AvgIpc) is 3.58. The molecule has 1 aromatic carbocycles.